The molecule has 2 nitrogen and oxygen atoms in total. The number of ether oxygens (including phenoxy) is 1. The van der Waals surface area contributed by atoms with Crippen LogP contribution in [-0.4, -0.2) is 26.3 Å². The molecule has 0 aliphatic carbocycles. The van der Waals surface area contributed by atoms with E-state index in [1.54, 1.807) is 0 Å². The molecule has 0 spiro atoms. The highest BCUT2D eigenvalue weighted by Gasteiger charge is 2.12. The summed E-state index contributed by atoms with van der Waals surface area (Å²) in [5.41, 5.74) is 0. The fourth-order valence-corrected chi connectivity index (χ4v) is 1.52. The molecule has 0 radical (unpaired) electrons. The molecule has 0 amide bonds. The Balaban J connectivity index is 0.00000121. The van der Waals surface area contributed by atoms with Crippen molar-refractivity contribution in [2.45, 2.75) is 26.2 Å². The van der Waals surface area contributed by atoms with Crippen LogP contribution in [0.5, 0.6) is 0 Å². The maximum absolute atomic E-state index is 5.29. The molecule has 1 fully saturated rings. The molecule has 1 rings (SSSR count). The van der Waals surface area contributed by atoms with Gasteiger partial charge in [0.25, 0.3) is 0 Å². The van der Waals surface area contributed by atoms with E-state index in [2.05, 4.69) is 12.2 Å². The molecule has 0 aromatic carbocycles. The van der Waals surface area contributed by atoms with Crippen molar-refractivity contribution in [3.05, 3.63) is 0 Å². The van der Waals surface area contributed by atoms with Crippen LogP contribution in [0.4, 0.5) is 0 Å². The number of halogens is 1. The Morgan fingerprint density at radius 2 is 2.00 bits per heavy atom. The van der Waals surface area contributed by atoms with Gasteiger partial charge in [-0.1, -0.05) is 6.92 Å². The highest BCUT2D eigenvalue weighted by molar-refractivity contribution is 5.85. The maximum atomic E-state index is 5.29. The molecular formula is C9H20ClNO. The minimum atomic E-state index is 0. The van der Waals surface area contributed by atoms with Crippen LogP contribution in [-0.2, 0) is 4.74 Å². The van der Waals surface area contributed by atoms with Crippen LogP contribution in [0.25, 0.3) is 0 Å². The highest BCUT2D eigenvalue weighted by Crippen LogP contribution is 2.17. The van der Waals surface area contributed by atoms with Crippen LogP contribution in [0.3, 0.4) is 0 Å². The lowest BCUT2D eigenvalue weighted by molar-refractivity contribution is 0.0640. The molecule has 0 aromatic rings. The van der Waals surface area contributed by atoms with Crippen LogP contribution < -0.4 is 5.32 Å². The van der Waals surface area contributed by atoms with Crippen molar-refractivity contribution < 1.29 is 4.74 Å². The number of hydrogen-bond acceptors (Lipinski definition) is 2. The molecule has 1 aliphatic rings. The van der Waals surface area contributed by atoms with E-state index in [0.29, 0.717) is 0 Å². The summed E-state index contributed by atoms with van der Waals surface area (Å²) in [7, 11) is 0. The fraction of sp³-hybridized carbons (Fsp3) is 1.00. The van der Waals surface area contributed by atoms with E-state index in [-0.39, 0.29) is 12.4 Å². The summed E-state index contributed by atoms with van der Waals surface area (Å²) in [5, 5.41) is 3.35. The van der Waals surface area contributed by atoms with E-state index in [9.17, 15) is 0 Å². The highest BCUT2D eigenvalue weighted by atomic mass is 35.5. The first-order valence-corrected chi connectivity index (χ1v) is 4.72. The zero-order valence-electron chi connectivity index (χ0n) is 7.84. The number of nitrogens with one attached hydrogen (secondary N) is 1. The van der Waals surface area contributed by atoms with E-state index in [1.807, 2.05) is 0 Å². The lowest BCUT2D eigenvalue weighted by Gasteiger charge is -2.21. The van der Waals surface area contributed by atoms with Crippen molar-refractivity contribution in [2.24, 2.45) is 5.92 Å². The normalized spacial score (nSPS) is 18.8. The van der Waals surface area contributed by atoms with E-state index >= 15 is 0 Å². The monoisotopic (exact) mass is 193 g/mol. The van der Waals surface area contributed by atoms with Crippen LogP contribution in [0.1, 0.15) is 26.2 Å². The summed E-state index contributed by atoms with van der Waals surface area (Å²) >= 11 is 0. The lowest BCUT2D eigenvalue weighted by Crippen LogP contribution is -2.22. The quantitative estimate of drug-likeness (QED) is 0.688. The third-order valence-corrected chi connectivity index (χ3v) is 2.32. The largest absolute Gasteiger partial charge is 0.381 e. The van der Waals surface area contributed by atoms with Gasteiger partial charge in [-0.3, -0.25) is 0 Å². The van der Waals surface area contributed by atoms with Gasteiger partial charge >= 0.3 is 0 Å². The van der Waals surface area contributed by atoms with Gasteiger partial charge in [0.05, 0.1) is 0 Å². The molecule has 1 heterocycles. The van der Waals surface area contributed by atoms with Crippen LogP contribution >= 0.6 is 12.4 Å². The van der Waals surface area contributed by atoms with Crippen LogP contribution in [0.2, 0.25) is 0 Å². The van der Waals surface area contributed by atoms with Crippen molar-refractivity contribution in [1.82, 2.24) is 5.32 Å². The minimum absolute atomic E-state index is 0. The van der Waals surface area contributed by atoms with Gasteiger partial charge in [0.2, 0.25) is 0 Å². The van der Waals surface area contributed by atoms with E-state index < -0.39 is 0 Å². The second-order valence-corrected chi connectivity index (χ2v) is 3.20. The first-order chi connectivity index (χ1) is 5.43. The van der Waals surface area contributed by atoms with Crippen molar-refractivity contribution in [3.63, 3.8) is 0 Å². The summed E-state index contributed by atoms with van der Waals surface area (Å²) < 4.78 is 5.29. The summed E-state index contributed by atoms with van der Waals surface area (Å²) in [5.74, 6) is 0.919. The summed E-state index contributed by atoms with van der Waals surface area (Å²) in [6, 6.07) is 0. The number of hydrogen-bond donors (Lipinski definition) is 1. The molecule has 1 aliphatic heterocycles. The first-order valence-electron chi connectivity index (χ1n) is 4.72. The maximum Gasteiger partial charge on any atom is 0.0468 e. The van der Waals surface area contributed by atoms with Crippen LogP contribution in [0, 0.1) is 5.92 Å². The van der Waals surface area contributed by atoms with E-state index in [4.69, 9.17) is 4.74 Å². The van der Waals surface area contributed by atoms with Gasteiger partial charge in [0.15, 0.2) is 0 Å². The summed E-state index contributed by atoms with van der Waals surface area (Å²) in [4.78, 5) is 0. The molecule has 74 valence electrons. The smallest absolute Gasteiger partial charge is 0.0468 e. The van der Waals surface area contributed by atoms with Gasteiger partial charge in [-0.15, -0.1) is 12.4 Å². The summed E-state index contributed by atoms with van der Waals surface area (Å²) in [6.07, 6.45) is 3.87. The minimum Gasteiger partial charge on any atom is -0.381 e. The van der Waals surface area contributed by atoms with E-state index in [0.717, 1.165) is 25.7 Å². The van der Waals surface area contributed by atoms with Crippen molar-refractivity contribution >= 4 is 12.4 Å². The molecule has 0 atom stereocenters. The molecule has 0 unspecified atom stereocenters. The average Bonchev–Trinajstić information content (AvgIpc) is 2.07. The Labute approximate surface area is 81.5 Å². The van der Waals surface area contributed by atoms with Crippen molar-refractivity contribution in [1.29, 1.82) is 0 Å². The Bertz CT molecular complexity index is 94.5. The van der Waals surface area contributed by atoms with Crippen LogP contribution in [0.15, 0.2) is 0 Å². The zero-order valence-corrected chi connectivity index (χ0v) is 8.66. The molecular weight excluding hydrogens is 174 g/mol. The molecule has 0 aromatic heterocycles. The predicted molar refractivity (Wildman–Crippen MR) is 54.0 cm³/mol. The third kappa shape index (κ3) is 4.96. The number of rotatable bonds is 4. The fourth-order valence-electron chi connectivity index (χ4n) is 1.52. The molecule has 0 bridgehead atoms. The first kappa shape index (κ1) is 12.2. The molecule has 3 heteroatoms. The van der Waals surface area contributed by atoms with Gasteiger partial charge in [-0.2, -0.15) is 0 Å². The Morgan fingerprint density at radius 3 is 2.58 bits per heavy atom. The Hall–Kier alpha value is 0.210. The van der Waals surface area contributed by atoms with Gasteiger partial charge in [0, 0.05) is 13.2 Å². The zero-order chi connectivity index (χ0) is 7.94. The topological polar surface area (TPSA) is 21.3 Å². The van der Waals surface area contributed by atoms with Crippen molar-refractivity contribution in [2.75, 3.05) is 26.3 Å². The van der Waals surface area contributed by atoms with Gasteiger partial charge in [-0.25, -0.2) is 0 Å². The second-order valence-electron chi connectivity index (χ2n) is 3.20. The van der Waals surface area contributed by atoms with Crippen molar-refractivity contribution in [3.8, 4) is 0 Å². The third-order valence-electron chi connectivity index (χ3n) is 2.32. The molecule has 12 heavy (non-hydrogen) atoms. The van der Waals surface area contributed by atoms with Gasteiger partial charge < -0.3 is 10.1 Å². The SMILES string of the molecule is CCNCCC1CCOCC1.Cl. The standard InChI is InChI=1S/C9H19NO.ClH/c1-2-10-6-3-9-4-7-11-8-5-9;/h9-10H,2-8H2,1H3;1H. The predicted octanol–water partition coefficient (Wildman–Crippen LogP) is 1.83. The molecule has 1 N–H and O–H groups in total. The molecule has 1 saturated heterocycles. The average molecular weight is 194 g/mol. The Morgan fingerprint density at radius 1 is 1.33 bits per heavy atom. The van der Waals surface area contributed by atoms with E-state index in [1.165, 1.54) is 25.8 Å². The van der Waals surface area contributed by atoms with Gasteiger partial charge in [0.1, 0.15) is 0 Å². The Kier molecular flexibility index (Phi) is 7.98. The second kappa shape index (κ2) is 7.84. The van der Waals surface area contributed by atoms with Gasteiger partial charge in [-0.05, 0) is 38.3 Å². The molecule has 0 saturated carbocycles. The summed E-state index contributed by atoms with van der Waals surface area (Å²) in [6.45, 7) is 6.40. The lowest BCUT2D eigenvalue weighted by atomic mass is 9.97.